The quantitative estimate of drug-likeness (QED) is 0.552. The molecule has 1 amide bonds. The Morgan fingerprint density at radius 2 is 1.83 bits per heavy atom. The lowest BCUT2D eigenvalue weighted by Crippen LogP contribution is -2.27. The van der Waals surface area contributed by atoms with Crippen LogP contribution < -0.4 is 5.32 Å². The molecule has 0 aliphatic carbocycles. The molecule has 0 radical (unpaired) electrons. The number of halogens is 1. The molecule has 0 unspecified atom stereocenters. The number of hydrogen-bond acceptors (Lipinski definition) is 5. The van der Waals surface area contributed by atoms with Gasteiger partial charge >= 0.3 is 0 Å². The summed E-state index contributed by atoms with van der Waals surface area (Å²) in [7, 11) is 3.19. The second-order valence-electron chi connectivity index (χ2n) is 4.64. The molecular weight excluding hydrogens is 318 g/mol. The highest BCUT2D eigenvalue weighted by atomic mass is 35.5. The average molecular weight is 338 g/mol. The van der Waals surface area contributed by atoms with Crippen molar-refractivity contribution in [2.75, 3.05) is 45.8 Å². The van der Waals surface area contributed by atoms with E-state index < -0.39 is 5.91 Å². The van der Waals surface area contributed by atoms with Crippen LogP contribution >= 0.6 is 11.6 Å². The van der Waals surface area contributed by atoms with Crippen LogP contribution in [0.4, 0.5) is 5.69 Å². The van der Waals surface area contributed by atoms with Crippen LogP contribution in [0.1, 0.15) is 0 Å². The lowest BCUT2D eigenvalue weighted by Gasteiger charge is -2.20. The van der Waals surface area contributed by atoms with Gasteiger partial charge in [0.15, 0.2) is 0 Å². The van der Waals surface area contributed by atoms with Crippen LogP contribution in [0.3, 0.4) is 0 Å². The molecule has 0 spiro atoms. The lowest BCUT2D eigenvalue weighted by atomic mass is 10.2. The van der Waals surface area contributed by atoms with Crippen LogP contribution in [0.25, 0.3) is 0 Å². The molecule has 0 aliphatic heterocycles. The number of carbonyl (C=O) groups is 1. The van der Waals surface area contributed by atoms with Gasteiger partial charge in [0.05, 0.1) is 13.2 Å². The Hall–Kier alpha value is -2.07. The fourth-order valence-corrected chi connectivity index (χ4v) is 1.84. The van der Waals surface area contributed by atoms with Gasteiger partial charge in [0, 0.05) is 44.2 Å². The molecule has 1 rings (SSSR count). The van der Waals surface area contributed by atoms with E-state index in [2.05, 4.69) is 5.32 Å². The summed E-state index contributed by atoms with van der Waals surface area (Å²) in [6, 6.07) is 8.58. The molecule has 7 heteroatoms. The third-order valence-corrected chi connectivity index (χ3v) is 3.20. The van der Waals surface area contributed by atoms with E-state index in [9.17, 15) is 10.1 Å². The Morgan fingerprint density at radius 3 is 2.30 bits per heavy atom. The molecule has 1 aromatic carbocycles. The summed E-state index contributed by atoms with van der Waals surface area (Å²) in [5, 5.41) is 12.5. The average Bonchev–Trinajstić information content (AvgIpc) is 2.56. The van der Waals surface area contributed by atoms with Gasteiger partial charge in [-0.3, -0.25) is 4.79 Å². The first kappa shape index (κ1) is 19.0. The summed E-state index contributed by atoms with van der Waals surface area (Å²) >= 11 is 5.80. The second-order valence-corrected chi connectivity index (χ2v) is 5.07. The maximum atomic E-state index is 12.2. The number of amides is 1. The van der Waals surface area contributed by atoms with Gasteiger partial charge < -0.3 is 19.7 Å². The molecule has 1 aromatic rings. The summed E-state index contributed by atoms with van der Waals surface area (Å²) in [4.78, 5) is 14.0. The van der Waals surface area contributed by atoms with E-state index in [-0.39, 0.29) is 5.57 Å². The minimum Gasteiger partial charge on any atom is -0.383 e. The molecule has 124 valence electrons. The zero-order chi connectivity index (χ0) is 17.1. The Kier molecular flexibility index (Phi) is 8.76. The Morgan fingerprint density at radius 1 is 1.26 bits per heavy atom. The maximum Gasteiger partial charge on any atom is 0.267 e. The zero-order valence-corrected chi connectivity index (χ0v) is 14.0. The number of hydrogen-bond donors (Lipinski definition) is 1. The fourth-order valence-electron chi connectivity index (χ4n) is 1.71. The molecule has 23 heavy (non-hydrogen) atoms. The molecular formula is C16H20ClN3O3. The molecule has 0 saturated carbocycles. The van der Waals surface area contributed by atoms with Gasteiger partial charge in [-0.25, -0.2) is 0 Å². The third-order valence-electron chi connectivity index (χ3n) is 2.94. The van der Waals surface area contributed by atoms with Crippen LogP contribution in [-0.4, -0.2) is 51.3 Å². The first-order valence-corrected chi connectivity index (χ1v) is 7.39. The van der Waals surface area contributed by atoms with E-state index in [1.54, 1.807) is 38.5 Å². The maximum absolute atomic E-state index is 12.2. The van der Waals surface area contributed by atoms with E-state index in [0.29, 0.717) is 37.0 Å². The summed E-state index contributed by atoms with van der Waals surface area (Å²) in [6.45, 7) is 2.08. The number of rotatable bonds is 9. The van der Waals surface area contributed by atoms with Gasteiger partial charge in [0.25, 0.3) is 5.91 Å². The van der Waals surface area contributed by atoms with Crippen molar-refractivity contribution < 1.29 is 14.3 Å². The lowest BCUT2D eigenvalue weighted by molar-refractivity contribution is -0.112. The highest BCUT2D eigenvalue weighted by Crippen LogP contribution is 2.14. The van der Waals surface area contributed by atoms with E-state index in [1.165, 1.54) is 6.20 Å². The Balaban J connectivity index is 2.78. The van der Waals surface area contributed by atoms with Crippen LogP contribution in [-0.2, 0) is 14.3 Å². The smallest absolute Gasteiger partial charge is 0.267 e. The molecule has 0 saturated heterocycles. The van der Waals surface area contributed by atoms with Gasteiger partial charge in [-0.15, -0.1) is 0 Å². The predicted molar refractivity (Wildman–Crippen MR) is 89.1 cm³/mol. The highest BCUT2D eigenvalue weighted by Gasteiger charge is 2.12. The van der Waals surface area contributed by atoms with Gasteiger partial charge in [-0.2, -0.15) is 5.26 Å². The highest BCUT2D eigenvalue weighted by molar-refractivity contribution is 6.30. The summed E-state index contributed by atoms with van der Waals surface area (Å²) in [6.07, 6.45) is 1.52. The SMILES string of the molecule is COCCN(/C=C(/C#N)C(=O)Nc1ccc(Cl)cc1)CCOC. The molecule has 6 nitrogen and oxygen atoms in total. The largest absolute Gasteiger partial charge is 0.383 e. The molecule has 0 aromatic heterocycles. The number of nitrogens with zero attached hydrogens (tertiary/aromatic N) is 2. The van der Waals surface area contributed by atoms with Crippen LogP contribution in [0.2, 0.25) is 5.02 Å². The van der Waals surface area contributed by atoms with Gasteiger partial charge in [0.2, 0.25) is 0 Å². The number of nitriles is 1. The molecule has 0 heterocycles. The van der Waals surface area contributed by atoms with Crippen LogP contribution in [0.15, 0.2) is 36.0 Å². The zero-order valence-electron chi connectivity index (χ0n) is 13.2. The van der Waals surface area contributed by atoms with E-state index >= 15 is 0 Å². The molecule has 0 fully saturated rings. The van der Waals surface area contributed by atoms with E-state index in [4.69, 9.17) is 21.1 Å². The topological polar surface area (TPSA) is 74.6 Å². The van der Waals surface area contributed by atoms with Crippen LogP contribution in [0, 0.1) is 11.3 Å². The third kappa shape index (κ3) is 7.15. The first-order valence-electron chi connectivity index (χ1n) is 7.01. The van der Waals surface area contributed by atoms with Crippen molar-refractivity contribution in [2.24, 2.45) is 0 Å². The predicted octanol–water partition coefficient (Wildman–Crippen LogP) is 2.28. The van der Waals surface area contributed by atoms with Crippen molar-refractivity contribution in [2.45, 2.75) is 0 Å². The fraction of sp³-hybridized carbons (Fsp3) is 0.375. The Labute approximate surface area is 141 Å². The number of ether oxygens (including phenoxy) is 2. The molecule has 0 bridgehead atoms. The van der Waals surface area contributed by atoms with Crippen molar-refractivity contribution >= 4 is 23.2 Å². The summed E-state index contributed by atoms with van der Waals surface area (Å²) < 4.78 is 10.1. The van der Waals surface area contributed by atoms with E-state index in [1.807, 2.05) is 11.0 Å². The molecule has 0 atom stereocenters. The minimum absolute atomic E-state index is 0.00663. The van der Waals surface area contributed by atoms with Gasteiger partial charge in [0.1, 0.15) is 11.6 Å². The Bertz CT molecular complexity index is 559. The monoisotopic (exact) mass is 337 g/mol. The van der Waals surface area contributed by atoms with E-state index in [0.717, 1.165) is 0 Å². The van der Waals surface area contributed by atoms with Crippen molar-refractivity contribution in [3.05, 3.63) is 41.1 Å². The summed E-state index contributed by atoms with van der Waals surface area (Å²) in [5.74, 6) is -0.477. The van der Waals surface area contributed by atoms with Gasteiger partial charge in [-0.1, -0.05) is 11.6 Å². The molecule has 1 N–H and O–H groups in total. The number of carbonyl (C=O) groups excluding carboxylic acids is 1. The van der Waals surface area contributed by atoms with Crippen molar-refractivity contribution in [1.29, 1.82) is 5.26 Å². The minimum atomic E-state index is -0.477. The van der Waals surface area contributed by atoms with Crippen molar-refractivity contribution in [3.8, 4) is 6.07 Å². The standard InChI is InChI=1S/C16H20ClN3O3/c1-22-9-7-20(8-10-23-2)12-13(11-18)16(21)19-15-5-3-14(17)4-6-15/h3-6,12H,7-10H2,1-2H3,(H,19,21)/b13-12-. The van der Waals surface area contributed by atoms with Crippen molar-refractivity contribution in [3.63, 3.8) is 0 Å². The normalized spacial score (nSPS) is 11.0. The first-order chi connectivity index (χ1) is 11.1. The van der Waals surface area contributed by atoms with Crippen molar-refractivity contribution in [1.82, 2.24) is 4.90 Å². The second kappa shape index (κ2) is 10.6. The number of methoxy groups -OCH3 is 2. The van der Waals surface area contributed by atoms with Crippen LogP contribution in [0.5, 0.6) is 0 Å². The summed E-state index contributed by atoms with van der Waals surface area (Å²) in [5.41, 5.74) is 0.577. The van der Waals surface area contributed by atoms with Gasteiger partial charge in [-0.05, 0) is 24.3 Å². The number of nitrogens with one attached hydrogen (secondary N) is 1. The number of benzene rings is 1. The molecule has 0 aliphatic rings. The number of anilines is 1.